The molecule has 1 aromatic carbocycles. The minimum absolute atomic E-state index is 0.0589. The third-order valence-corrected chi connectivity index (χ3v) is 3.20. The van der Waals surface area contributed by atoms with E-state index in [4.69, 9.17) is 34.8 Å². The van der Waals surface area contributed by atoms with Gasteiger partial charge >= 0.3 is 0 Å². The Kier molecular flexibility index (Phi) is 4.23. The van der Waals surface area contributed by atoms with Gasteiger partial charge < -0.3 is 0 Å². The van der Waals surface area contributed by atoms with Gasteiger partial charge in [-0.25, -0.2) is 0 Å². The van der Waals surface area contributed by atoms with E-state index >= 15 is 0 Å². The van der Waals surface area contributed by atoms with E-state index in [9.17, 15) is 8.42 Å². The predicted octanol–water partition coefficient (Wildman–Crippen LogP) is 3.12. The normalized spacial score (nSPS) is 13.2. The van der Waals surface area contributed by atoms with E-state index in [1.165, 1.54) is 12.1 Å². The topological polar surface area (TPSA) is 46.5 Å². The third kappa shape index (κ3) is 4.29. The molecule has 3 nitrogen and oxygen atoms in total. The Morgan fingerprint density at radius 2 is 1.69 bits per heavy atom. The molecule has 0 aliphatic rings. The van der Waals surface area contributed by atoms with Crippen molar-refractivity contribution in [2.45, 2.75) is 15.6 Å². The van der Waals surface area contributed by atoms with Crippen LogP contribution in [0.1, 0.15) is 5.56 Å². The molecule has 16 heavy (non-hydrogen) atoms. The zero-order chi connectivity index (χ0) is 12.4. The van der Waals surface area contributed by atoms with E-state index in [0.717, 1.165) is 11.8 Å². The second-order valence-electron chi connectivity index (χ2n) is 3.06. The summed E-state index contributed by atoms with van der Waals surface area (Å²) in [6.45, 7) is 1.85. The lowest BCUT2D eigenvalue weighted by molar-refractivity contribution is 0.598. The Hall–Kier alpha value is -0.290. The molecule has 0 aromatic heterocycles. The minimum Gasteiger partial charge on any atom is -0.199 e. The SMILES string of the molecule is Cc1ccc(S(=O)(=O)/N=C/C(Cl)(Cl)Cl)cc1. The fourth-order valence-corrected chi connectivity index (χ4v) is 2.12. The molecule has 0 spiro atoms. The fraction of sp³-hybridized carbons (Fsp3) is 0.222. The molecular weight excluding hydrogens is 293 g/mol. The van der Waals surface area contributed by atoms with Crippen LogP contribution in [-0.4, -0.2) is 18.4 Å². The van der Waals surface area contributed by atoms with E-state index in [-0.39, 0.29) is 4.90 Å². The summed E-state index contributed by atoms with van der Waals surface area (Å²) in [5, 5.41) is 0. The molecule has 0 radical (unpaired) electrons. The van der Waals surface area contributed by atoms with Gasteiger partial charge in [0.2, 0.25) is 3.79 Å². The van der Waals surface area contributed by atoms with Crippen molar-refractivity contribution in [1.29, 1.82) is 0 Å². The Labute approximate surface area is 109 Å². The molecule has 0 bridgehead atoms. The van der Waals surface area contributed by atoms with Crippen LogP contribution in [0.2, 0.25) is 0 Å². The maximum Gasteiger partial charge on any atom is 0.282 e. The van der Waals surface area contributed by atoms with E-state index < -0.39 is 13.8 Å². The van der Waals surface area contributed by atoms with Gasteiger partial charge in [0.05, 0.1) is 11.1 Å². The molecule has 88 valence electrons. The summed E-state index contributed by atoms with van der Waals surface area (Å²) in [5.74, 6) is 0. The average Bonchev–Trinajstić information content (AvgIpc) is 2.15. The molecule has 0 saturated carbocycles. The molecular formula is C9H8Cl3NO2S. The molecule has 0 heterocycles. The number of hydrogen-bond acceptors (Lipinski definition) is 2. The molecule has 0 atom stereocenters. The highest BCUT2D eigenvalue weighted by molar-refractivity contribution is 7.90. The number of aryl methyl sites for hydroxylation is 1. The molecule has 0 fully saturated rings. The number of benzene rings is 1. The highest BCUT2D eigenvalue weighted by atomic mass is 35.6. The van der Waals surface area contributed by atoms with Crippen molar-refractivity contribution in [2.24, 2.45) is 4.40 Å². The maximum atomic E-state index is 11.6. The van der Waals surface area contributed by atoms with Crippen LogP contribution in [0.5, 0.6) is 0 Å². The van der Waals surface area contributed by atoms with Crippen LogP contribution in [0.15, 0.2) is 33.6 Å². The molecule has 0 saturated heterocycles. The number of rotatable bonds is 2. The minimum atomic E-state index is -3.79. The van der Waals surface area contributed by atoms with Crippen LogP contribution in [-0.2, 0) is 10.0 Å². The van der Waals surface area contributed by atoms with Gasteiger partial charge in [0.1, 0.15) is 0 Å². The third-order valence-electron chi connectivity index (χ3n) is 1.66. The van der Waals surface area contributed by atoms with Gasteiger partial charge in [-0.05, 0) is 19.1 Å². The second kappa shape index (κ2) is 4.92. The largest absolute Gasteiger partial charge is 0.282 e. The Morgan fingerprint density at radius 1 is 1.19 bits per heavy atom. The maximum absolute atomic E-state index is 11.6. The predicted molar refractivity (Wildman–Crippen MR) is 67.1 cm³/mol. The van der Waals surface area contributed by atoms with Crippen molar-refractivity contribution in [1.82, 2.24) is 0 Å². The summed E-state index contributed by atoms with van der Waals surface area (Å²) in [4.78, 5) is 0.0589. The highest BCUT2D eigenvalue weighted by Crippen LogP contribution is 2.24. The van der Waals surface area contributed by atoms with Crippen LogP contribution >= 0.6 is 34.8 Å². The summed E-state index contributed by atoms with van der Waals surface area (Å²) >= 11 is 16.1. The number of alkyl halides is 3. The van der Waals surface area contributed by atoms with Gasteiger partial charge in [-0.15, -0.1) is 0 Å². The summed E-state index contributed by atoms with van der Waals surface area (Å²) in [6.07, 6.45) is 0.757. The lowest BCUT2D eigenvalue weighted by atomic mass is 10.2. The van der Waals surface area contributed by atoms with E-state index in [2.05, 4.69) is 4.40 Å². The molecule has 0 aliphatic heterocycles. The Balaban J connectivity index is 3.04. The van der Waals surface area contributed by atoms with Crippen LogP contribution in [0, 0.1) is 6.92 Å². The monoisotopic (exact) mass is 299 g/mol. The highest BCUT2D eigenvalue weighted by Gasteiger charge is 2.19. The molecule has 1 rings (SSSR count). The van der Waals surface area contributed by atoms with Crippen LogP contribution in [0.3, 0.4) is 0 Å². The molecule has 0 aliphatic carbocycles. The van der Waals surface area contributed by atoms with E-state index in [0.29, 0.717) is 0 Å². The van der Waals surface area contributed by atoms with Crippen molar-refractivity contribution < 1.29 is 8.42 Å². The number of halogens is 3. The van der Waals surface area contributed by atoms with Gasteiger partial charge in [0, 0.05) is 0 Å². The molecule has 0 unspecified atom stereocenters. The van der Waals surface area contributed by atoms with Crippen LogP contribution < -0.4 is 0 Å². The smallest absolute Gasteiger partial charge is 0.199 e. The number of hydrogen-bond donors (Lipinski definition) is 0. The second-order valence-corrected chi connectivity index (χ2v) is 7.07. The molecule has 7 heteroatoms. The average molecular weight is 301 g/mol. The van der Waals surface area contributed by atoms with Gasteiger partial charge in [-0.2, -0.15) is 12.8 Å². The van der Waals surface area contributed by atoms with Gasteiger partial charge in [0.15, 0.2) is 0 Å². The van der Waals surface area contributed by atoms with Crippen molar-refractivity contribution >= 4 is 51.0 Å². The van der Waals surface area contributed by atoms with Crippen LogP contribution in [0.4, 0.5) is 0 Å². The summed E-state index contributed by atoms with van der Waals surface area (Å²) in [6, 6.07) is 6.22. The molecule has 0 N–H and O–H groups in total. The number of nitrogens with zero attached hydrogens (tertiary/aromatic N) is 1. The van der Waals surface area contributed by atoms with Crippen molar-refractivity contribution in [3.8, 4) is 0 Å². The van der Waals surface area contributed by atoms with Gasteiger partial charge in [0.25, 0.3) is 10.0 Å². The van der Waals surface area contributed by atoms with Crippen LogP contribution in [0.25, 0.3) is 0 Å². The summed E-state index contributed by atoms with van der Waals surface area (Å²) in [7, 11) is -3.79. The standard InChI is InChI=1S/C9H8Cl3NO2S/c1-7-2-4-8(5-3-7)16(14,15)13-6-9(10,11)12/h2-6H,1H3/b13-6+. The van der Waals surface area contributed by atoms with E-state index in [1.807, 2.05) is 6.92 Å². The van der Waals surface area contributed by atoms with Gasteiger partial charge in [-0.1, -0.05) is 52.5 Å². The quantitative estimate of drug-likeness (QED) is 0.622. The zero-order valence-electron chi connectivity index (χ0n) is 8.19. The summed E-state index contributed by atoms with van der Waals surface area (Å²) in [5.41, 5.74) is 0.948. The molecule has 0 amide bonds. The number of sulfonamides is 1. The van der Waals surface area contributed by atoms with Crippen molar-refractivity contribution in [2.75, 3.05) is 0 Å². The van der Waals surface area contributed by atoms with Crippen molar-refractivity contribution in [3.05, 3.63) is 29.8 Å². The fourth-order valence-electron chi connectivity index (χ4n) is 0.900. The zero-order valence-corrected chi connectivity index (χ0v) is 11.3. The van der Waals surface area contributed by atoms with Crippen molar-refractivity contribution in [3.63, 3.8) is 0 Å². The summed E-state index contributed by atoms with van der Waals surface area (Å²) < 4.78 is 24.7. The van der Waals surface area contributed by atoms with E-state index in [1.54, 1.807) is 12.1 Å². The Bertz CT molecular complexity index is 488. The first kappa shape index (κ1) is 13.8. The lowest BCUT2D eigenvalue weighted by Gasteiger charge is -2.03. The first-order chi connectivity index (χ1) is 7.21. The molecule has 1 aromatic rings. The lowest BCUT2D eigenvalue weighted by Crippen LogP contribution is -2.06. The Morgan fingerprint density at radius 3 is 2.12 bits per heavy atom. The first-order valence-electron chi connectivity index (χ1n) is 4.16. The first-order valence-corrected chi connectivity index (χ1v) is 6.73. The van der Waals surface area contributed by atoms with Gasteiger partial charge in [-0.3, -0.25) is 0 Å².